The molecular weight excluding hydrogens is 312 g/mol. The Balaban J connectivity index is 2.22. The lowest BCUT2D eigenvalue weighted by Gasteiger charge is -2.06. The van der Waals surface area contributed by atoms with Crippen molar-refractivity contribution in [2.75, 3.05) is 5.32 Å². The predicted octanol–water partition coefficient (Wildman–Crippen LogP) is 1.66. The maximum atomic E-state index is 11.9. The van der Waals surface area contributed by atoms with Gasteiger partial charge < -0.3 is 5.32 Å². The number of anilines is 1. The van der Waals surface area contributed by atoms with Gasteiger partial charge in [-0.3, -0.25) is 9.59 Å². The number of halogens is 1. The van der Waals surface area contributed by atoms with Crippen LogP contribution >= 0.6 is 15.9 Å². The van der Waals surface area contributed by atoms with Gasteiger partial charge in [0.2, 0.25) is 0 Å². The SMILES string of the molecule is N#Cc1ccc(NC(=O)c2ccc(=O)[nH]n2)c(Br)c1. The van der Waals surface area contributed by atoms with Crippen LogP contribution in [0.3, 0.4) is 0 Å². The fraction of sp³-hybridized carbons (Fsp3) is 0. The Morgan fingerprint density at radius 1 is 1.37 bits per heavy atom. The number of carbonyl (C=O) groups is 1. The molecule has 0 fully saturated rings. The highest BCUT2D eigenvalue weighted by molar-refractivity contribution is 9.10. The number of aromatic nitrogens is 2. The summed E-state index contributed by atoms with van der Waals surface area (Å²) in [7, 11) is 0. The van der Waals surface area contributed by atoms with Gasteiger partial charge in [-0.05, 0) is 40.2 Å². The number of benzene rings is 1. The molecule has 1 aromatic carbocycles. The van der Waals surface area contributed by atoms with E-state index in [1.54, 1.807) is 18.2 Å². The summed E-state index contributed by atoms with van der Waals surface area (Å²) >= 11 is 3.26. The van der Waals surface area contributed by atoms with E-state index in [0.717, 1.165) is 0 Å². The third-order valence-electron chi connectivity index (χ3n) is 2.26. The van der Waals surface area contributed by atoms with Crippen molar-refractivity contribution in [2.45, 2.75) is 0 Å². The topological polar surface area (TPSA) is 98.6 Å². The Labute approximate surface area is 116 Å². The summed E-state index contributed by atoms with van der Waals surface area (Å²) in [5.41, 5.74) is 0.705. The Kier molecular flexibility index (Phi) is 3.73. The van der Waals surface area contributed by atoms with Gasteiger partial charge >= 0.3 is 0 Å². The van der Waals surface area contributed by atoms with Crippen molar-refractivity contribution in [2.24, 2.45) is 0 Å². The number of nitrogens with zero attached hydrogens (tertiary/aromatic N) is 2. The zero-order valence-electron chi connectivity index (χ0n) is 9.48. The van der Waals surface area contributed by atoms with Crippen LogP contribution in [0, 0.1) is 11.3 Å². The molecule has 1 aromatic heterocycles. The van der Waals surface area contributed by atoms with Gasteiger partial charge in [0.15, 0.2) is 0 Å². The number of carbonyl (C=O) groups excluding carboxylic acids is 1. The number of rotatable bonds is 2. The van der Waals surface area contributed by atoms with Gasteiger partial charge in [-0.25, -0.2) is 5.10 Å². The van der Waals surface area contributed by atoms with Crippen LogP contribution in [0.25, 0.3) is 0 Å². The van der Waals surface area contributed by atoms with E-state index in [4.69, 9.17) is 5.26 Å². The molecule has 0 aliphatic carbocycles. The van der Waals surface area contributed by atoms with E-state index in [0.29, 0.717) is 15.7 Å². The molecule has 19 heavy (non-hydrogen) atoms. The molecule has 6 nitrogen and oxygen atoms in total. The Morgan fingerprint density at radius 3 is 2.74 bits per heavy atom. The van der Waals surface area contributed by atoms with Gasteiger partial charge in [-0.15, -0.1) is 0 Å². The molecule has 2 N–H and O–H groups in total. The van der Waals surface area contributed by atoms with Gasteiger partial charge in [-0.2, -0.15) is 10.4 Å². The Morgan fingerprint density at radius 2 is 2.16 bits per heavy atom. The monoisotopic (exact) mass is 318 g/mol. The molecule has 0 aliphatic rings. The van der Waals surface area contributed by atoms with Gasteiger partial charge in [-0.1, -0.05) is 0 Å². The van der Waals surface area contributed by atoms with Crippen LogP contribution in [-0.4, -0.2) is 16.1 Å². The van der Waals surface area contributed by atoms with E-state index in [1.807, 2.05) is 6.07 Å². The maximum absolute atomic E-state index is 11.9. The standard InChI is InChI=1S/C12H7BrN4O2/c13-8-5-7(6-14)1-2-9(8)15-12(19)10-3-4-11(18)17-16-10/h1-5H,(H,15,19)(H,17,18). The highest BCUT2D eigenvalue weighted by Gasteiger charge is 2.10. The molecule has 1 heterocycles. The maximum Gasteiger partial charge on any atom is 0.276 e. The molecular formula is C12H7BrN4O2. The molecule has 0 unspecified atom stereocenters. The first-order valence-corrected chi connectivity index (χ1v) is 5.96. The number of hydrogen-bond acceptors (Lipinski definition) is 4. The first-order valence-electron chi connectivity index (χ1n) is 5.17. The van der Waals surface area contributed by atoms with Crippen molar-refractivity contribution in [3.63, 3.8) is 0 Å². The minimum atomic E-state index is -0.457. The van der Waals surface area contributed by atoms with Gasteiger partial charge in [0.25, 0.3) is 11.5 Å². The molecule has 0 radical (unpaired) electrons. The number of nitriles is 1. The van der Waals surface area contributed by atoms with E-state index in [-0.39, 0.29) is 11.3 Å². The molecule has 0 atom stereocenters. The van der Waals surface area contributed by atoms with Crippen LogP contribution in [0.2, 0.25) is 0 Å². The summed E-state index contributed by atoms with van der Waals surface area (Å²) in [6, 6.07) is 9.32. The third-order valence-corrected chi connectivity index (χ3v) is 2.91. The molecule has 2 aromatic rings. The van der Waals surface area contributed by atoms with Crippen LogP contribution < -0.4 is 10.9 Å². The van der Waals surface area contributed by atoms with Crippen molar-refractivity contribution in [1.29, 1.82) is 5.26 Å². The summed E-state index contributed by atoms with van der Waals surface area (Å²) in [5, 5.41) is 17.2. The van der Waals surface area contributed by atoms with Crippen molar-refractivity contribution >= 4 is 27.5 Å². The fourth-order valence-corrected chi connectivity index (χ4v) is 1.82. The molecule has 0 bridgehead atoms. The highest BCUT2D eigenvalue weighted by atomic mass is 79.9. The average Bonchev–Trinajstić information content (AvgIpc) is 2.41. The van der Waals surface area contributed by atoms with Crippen molar-refractivity contribution in [1.82, 2.24) is 10.2 Å². The van der Waals surface area contributed by atoms with Gasteiger partial charge in [0.1, 0.15) is 5.69 Å². The number of nitrogens with one attached hydrogen (secondary N) is 2. The van der Waals surface area contributed by atoms with Crippen LogP contribution in [0.1, 0.15) is 16.1 Å². The lowest BCUT2D eigenvalue weighted by molar-refractivity contribution is 0.102. The molecule has 0 aliphatic heterocycles. The number of hydrogen-bond donors (Lipinski definition) is 2. The molecule has 1 amide bonds. The second kappa shape index (κ2) is 5.46. The van der Waals surface area contributed by atoms with E-state index >= 15 is 0 Å². The average molecular weight is 319 g/mol. The highest BCUT2D eigenvalue weighted by Crippen LogP contribution is 2.23. The summed E-state index contributed by atoms with van der Waals surface area (Å²) in [4.78, 5) is 22.7. The number of aromatic amines is 1. The molecule has 0 saturated heterocycles. The Hall–Kier alpha value is -2.46. The van der Waals surface area contributed by atoms with Gasteiger partial charge in [0.05, 0.1) is 17.3 Å². The summed E-state index contributed by atoms with van der Waals surface area (Å²) in [6.07, 6.45) is 0. The van der Waals surface area contributed by atoms with Crippen molar-refractivity contribution in [3.8, 4) is 6.07 Å². The second-order valence-electron chi connectivity index (χ2n) is 3.57. The molecule has 94 valence electrons. The Bertz CT molecular complexity index is 713. The summed E-state index contributed by atoms with van der Waals surface area (Å²) in [6.45, 7) is 0. The number of H-pyrrole nitrogens is 1. The van der Waals surface area contributed by atoms with E-state index < -0.39 is 5.91 Å². The van der Waals surface area contributed by atoms with E-state index in [9.17, 15) is 9.59 Å². The molecule has 0 spiro atoms. The second-order valence-corrected chi connectivity index (χ2v) is 4.42. The first kappa shape index (κ1) is 13.0. The molecule has 7 heteroatoms. The van der Waals surface area contributed by atoms with Crippen LogP contribution in [-0.2, 0) is 0 Å². The lowest BCUT2D eigenvalue weighted by atomic mass is 10.2. The van der Waals surface area contributed by atoms with Crippen LogP contribution in [0.15, 0.2) is 39.6 Å². The van der Waals surface area contributed by atoms with E-state index in [2.05, 4.69) is 31.4 Å². The third kappa shape index (κ3) is 3.05. The van der Waals surface area contributed by atoms with Crippen molar-refractivity contribution < 1.29 is 4.79 Å². The molecule has 2 rings (SSSR count). The zero-order valence-corrected chi connectivity index (χ0v) is 11.1. The minimum absolute atomic E-state index is 0.0934. The largest absolute Gasteiger partial charge is 0.320 e. The minimum Gasteiger partial charge on any atom is -0.320 e. The zero-order chi connectivity index (χ0) is 13.8. The van der Waals surface area contributed by atoms with E-state index in [1.165, 1.54) is 12.1 Å². The first-order chi connectivity index (χ1) is 9.10. The smallest absolute Gasteiger partial charge is 0.276 e. The quantitative estimate of drug-likeness (QED) is 0.879. The predicted molar refractivity (Wildman–Crippen MR) is 71.7 cm³/mol. The fourth-order valence-electron chi connectivity index (χ4n) is 1.34. The molecule has 0 saturated carbocycles. The summed E-state index contributed by atoms with van der Waals surface area (Å²) in [5.74, 6) is -0.457. The van der Waals surface area contributed by atoms with Gasteiger partial charge in [0, 0.05) is 10.5 Å². The lowest BCUT2D eigenvalue weighted by Crippen LogP contribution is -2.17. The van der Waals surface area contributed by atoms with Crippen molar-refractivity contribution in [3.05, 3.63) is 56.4 Å². The number of amides is 1. The summed E-state index contributed by atoms with van der Waals surface area (Å²) < 4.78 is 0.587. The normalized spacial score (nSPS) is 9.68. The van der Waals surface area contributed by atoms with Crippen LogP contribution in [0.4, 0.5) is 5.69 Å². The van der Waals surface area contributed by atoms with Crippen LogP contribution in [0.5, 0.6) is 0 Å².